The largest absolute Gasteiger partial charge is 0.507 e. The zero-order valence-corrected chi connectivity index (χ0v) is 15.3. The van der Waals surface area contributed by atoms with Gasteiger partial charge < -0.3 is 20.1 Å². The number of carbonyl (C=O) groups excluding carboxylic acids is 3. The number of Topliss-reactive ketones (excluding diaryl/α,β-unsaturated/α-hetero) is 1. The predicted octanol–water partition coefficient (Wildman–Crippen LogP) is 1.48. The lowest BCUT2D eigenvalue weighted by Gasteiger charge is -2.36. The number of fused-ring (bicyclic) bond motifs is 3. The average Bonchev–Trinajstić information content (AvgIpc) is 2.64. The molecule has 2 aliphatic rings. The molecule has 0 saturated carbocycles. The lowest BCUT2D eigenvalue weighted by atomic mass is 9.73. The number of aliphatic hydroxyl groups is 2. The molecule has 0 fully saturated rings. The fraction of sp³-hybridized carbons (Fsp3) is 0.286. The molecule has 0 spiro atoms. The molecule has 0 aliphatic heterocycles. The molecule has 2 aromatic rings. The molecule has 2 aromatic carbocycles. The van der Waals surface area contributed by atoms with Crippen LogP contribution in [0.1, 0.15) is 62.4 Å². The summed E-state index contributed by atoms with van der Waals surface area (Å²) in [6.07, 6.45) is -1.80. The van der Waals surface area contributed by atoms with Gasteiger partial charge in [0.2, 0.25) is 0 Å². The van der Waals surface area contributed by atoms with Crippen LogP contribution in [0.15, 0.2) is 24.3 Å². The molecular formula is C21H18O7. The number of rotatable bonds is 2. The Morgan fingerprint density at radius 3 is 2.50 bits per heavy atom. The smallest absolute Gasteiger partial charge is 0.198 e. The molecule has 28 heavy (non-hydrogen) atoms. The minimum absolute atomic E-state index is 0.0259. The van der Waals surface area contributed by atoms with E-state index in [1.54, 1.807) is 6.07 Å². The normalized spacial score (nSPS) is 22.9. The highest BCUT2D eigenvalue weighted by molar-refractivity contribution is 6.29. The lowest BCUT2D eigenvalue weighted by Crippen LogP contribution is -2.44. The molecule has 0 radical (unpaired) electrons. The van der Waals surface area contributed by atoms with Crippen LogP contribution in [0, 0.1) is 0 Å². The summed E-state index contributed by atoms with van der Waals surface area (Å²) < 4.78 is 5.12. The number of carbonyl (C=O) groups is 3. The van der Waals surface area contributed by atoms with Crippen LogP contribution in [0.2, 0.25) is 0 Å². The first-order chi connectivity index (χ1) is 13.2. The van der Waals surface area contributed by atoms with Gasteiger partial charge in [-0.05, 0) is 36.8 Å². The molecule has 0 saturated heterocycles. The van der Waals surface area contributed by atoms with Gasteiger partial charge in [-0.3, -0.25) is 14.4 Å². The Bertz CT molecular complexity index is 1070. The highest BCUT2D eigenvalue weighted by Gasteiger charge is 2.44. The van der Waals surface area contributed by atoms with E-state index in [2.05, 4.69) is 0 Å². The van der Waals surface area contributed by atoms with Gasteiger partial charge in [-0.15, -0.1) is 0 Å². The van der Waals surface area contributed by atoms with Crippen molar-refractivity contribution in [2.45, 2.75) is 31.5 Å². The second-order valence-corrected chi connectivity index (χ2v) is 7.27. The number of aromatic hydroxyl groups is 1. The second kappa shape index (κ2) is 5.98. The van der Waals surface area contributed by atoms with Gasteiger partial charge in [0, 0.05) is 35.1 Å². The first-order valence-corrected chi connectivity index (χ1v) is 8.75. The van der Waals surface area contributed by atoms with E-state index < -0.39 is 34.8 Å². The molecule has 7 nitrogen and oxygen atoms in total. The molecule has 0 heterocycles. The summed E-state index contributed by atoms with van der Waals surface area (Å²) in [4.78, 5) is 37.8. The first kappa shape index (κ1) is 18.3. The van der Waals surface area contributed by atoms with Crippen molar-refractivity contribution < 1.29 is 34.4 Å². The zero-order chi connectivity index (χ0) is 20.4. The molecule has 2 aliphatic carbocycles. The monoisotopic (exact) mass is 382 g/mol. The van der Waals surface area contributed by atoms with Crippen molar-refractivity contribution in [2.75, 3.05) is 7.11 Å². The van der Waals surface area contributed by atoms with E-state index in [9.17, 15) is 29.7 Å². The molecule has 3 N–H and O–H groups in total. The standard InChI is InChI=1S/C21H18O7/c1-9(22)21(27)7-10-5-14-17(20(26)16(10)15(23)8-21)19(25)12-4-3-11(28-2)6-13(12)18(14)24/h3-6,15,23,26-27H,7-8H2,1-2H3/t15-,21-/m1/s1. The zero-order valence-electron chi connectivity index (χ0n) is 15.3. The molecule has 0 aromatic heterocycles. The number of methoxy groups -OCH3 is 1. The van der Waals surface area contributed by atoms with Crippen molar-refractivity contribution in [3.05, 3.63) is 57.6 Å². The van der Waals surface area contributed by atoms with Crippen molar-refractivity contribution in [1.82, 2.24) is 0 Å². The highest BCUT2D eigenvalue weighted by Crippen LogP contribution is 2.45. The van der Waals surface area contributed by atoms with E-state index in [-0.39, 0.29) is 46.2 Å². The predicted molar refractivity (Wildman–Crippen MR) is 96.9 cm³/mol. The maximum Gasteiger partial charge on any atom is 0.198 e. The Hall–Kier alpha value is -3.03. The average molecular weight is 382 g/mol. The van der Waals surface area contributed by atoms with E-state index in [0.29, 0.717) is 5.75 Å². The number of ketones is 3. The first-order valence-electron chi connectivity index (χ1n) is 8.75. The fourth-order valence-electron chi connectivity index (χ4n) is 4.06. The second-order valence-electron chi connectivity index (χ2n) is 7.27. The number of hydrogen-bond acceptors (Lipinski definition) is 7. The number of hydrogen-bond donors (Lipinski definition) is 3. The summed E-state index contributed by atoms with van der Waals surface area (Å²) in [6.45, 7) is 1.22. The number of phenols is 1. The summed E-state index contributed by atoms with van der Waals surface area (Å²) in [5, 5.41) is 31.8. The number of ether oxygens (including phenoxy) is 1. The molecule has 144 valence electrons. The van der Waals surface area contributed by atoms with E-state index in [1.165, 1.54) is 32.2 Å². The summed E-state index contributed by atoms with van der Waals surface area (Å²) in [6, 6.07) is 5.84. The third kappa shape index (κ3) is 2.40. The molecular weight excluding hydrogens is 364 g/mol. The van der Waals surface area contributed by atoms with E-state index in [1.807, 2.05) is 0 Å². The van der Waals surface area contributed by atoms with Crippen molar-refractivity contribution in [1.29, 1.82) is 0 Å². The summed E-state index contributed by atoms with van der Waals surface area (Å²) >= 11 is 0. The van der Waals surface area contributed by atoms with Crippen LogP contribution in [0.5, 0.6) is 11.5 Å². The number of phenolic OH excluding ortho intramolecular Hbond substituents is 1. The highest BCUT2D eigenvalue weighted by atomic mass is 16.5. The van der Waals surface area contributed by atoms with Gasteiger partial charge in [-0.25, -0.2) is 0 Å². The third-order valence-electron chi connectivity index (χ3n) is 5.62. The maximum atomic E-state index is 13.0. The minimum atomic E-state index is -1.80. The van der Waals surface area contributed by atoms with Gasteiger partial charge >= 0.3 is 0 Å². The summed E-state index contributed by atoms with van der Waals surface area (Å²) in [7, 11) is 1.44. The topological polar surface area (TPSA) is 121 Å². The van der Waals surface area contributed by atoms with E-state index in [0.717, 1.165) is 0 Å². The Labute approximate surface area is 160 Å². The quantitative estimate of drug-likeness (QED) is 0.614. The summed E-state index contributed by atoms with van der Waals surface area (Å²) in [5.74, 6) is -1.61. The molecule has 7 heteroatoms. The van der Waals surface area contributed by atoms with Gasteiger partial charge in [0.1, 0.15) is 17.1 Å². The van der Waals surface area contributed by atoms with Crippen LogP contribution in [-0.4, -0.2) is 45.4 Å². The Kier molecular flexibility index (Phi) is 3.92. The van der Waals surface area contributed by atoms with Crippen molar-refractivity contribution in [3.63, 3.8) is 0 Å². The van der Waals surface area contributed by atoms with Crippen LogP contribution in [0.25, 0.3) is 0 Å². The molecule has 0 unspecified atom stereocenters. The molecule has 2 atom stereocenters. The van der Waals surface area contributed by atoms with Crippen LogP contribution in [0.4, 0.5) is 0 Å². The van der Waals surface area contributed by atoms with Gasteiger partial charge in [-0.2, -0.15) is 0 Å². The van der Waals surface area contributed by atoms with Crippen molar-refractivity contribution in [2.24, 2.45) is 0 Å². The van der Waals surface area contributed by atoms with Crippen LogP contribution in [0.3, 0.4) is 0 Å². The van der Waals surface area contributed by atoms with Gasteiger partial charge in [0.15, 0.2) is 17.3 Å². The van der Waals surface area contributed by atoms with E-state index in [4.69, 9.17) is 4.74 Å². The van der Waals surface area contributed by atoms with Crippen molar-refractivity contribution in [3.8, 4) is 11.5 Å². The molecule has 4 rings (SSSR count). The molecule has 0 amide bonds. The van der Waals surface area contributed by atoms with Crippen LogP contribution in [-0.2, 0) is 11.2 Å². The van der Waals surface area contributed by atoms with Gasteiger partial charge in [-0.1, -0.05) is 0 Å². The minimum Gasteiger partial charge on any atom is -0.507 e. The van der Waals surface area contributed by atoms with Gasteiger partial charge in [0.05, 0.1) is 18.8 Å². The Morgan fingerprint density at radius 2 is 1.86 bits per heavy atom. The van der Waals surface area contributed by atoms with Crippen molar-refractivity contribution >= 4 is 17.3 Å². The van der Waals surface area contributed by atoms with Crippen LogP contribution >= 0.6 is 0 Å². The fourth-order valence-corrected chi connectivity index (χ4v) is 4.06. The summed E-state index contributed by atoms with van der Waals surface area (Å²) in [5.41, 5.74) is -1.37. The molecule has 0 bridgehead atoms. The number of benzene rings is 2. The van der Waals surface area contributed by atoms with E-state index >= 15 is 0 Å². The Morgan fingerprint density at radius 1 is 1.14 bits per heavy atom. The number of aliphatic hydroxyl groups excluding tert-OH is 1. The lowest BCUT2D eigenvalue weighted by molar-refractivity contribution is -0.139. The maximum absolute atomic E-state index is 13.0. The van der Waals surface area contributed by atoms with Gasteiger partial charge in [0.25, 0.3) is 0 Å². The van der Waals surface area contributed by atoms with Crippen LogP contribution < -0.4 is 4.74 Å². The Balaban J connectivity index is 1.94. The SMILES string of the molecule is COc1ccc2c(c1)C(=O)c1cc3c(c(O)c1C2=O)[C@H](O)C[C@@](O)(C(C)=O)C3. The third-order valence-corrected chi connectivity index (χ3v) is 5.62.